The summed E-state index contributed by atoms with van der Waals surface area (Å²) in [5, 5.41) is 5.15. The van der Waals surface area contributed by atoms with Crippen LogP contribution in [0.15, 0.2) is 18.5 Å². The summed E-state index contributed by atoms with van der Waals surface area (Å²) in [6.45, 7) is 0. The average Bonchev–Trinajstić information content (AvgIpc) is 2.30. The molecule has 1 aliphatic rings. The SMILES string of the molecule is O=C1CSCC(C(=O)Nc2ncccn2)N1. The van der Waals surface area contributed by atoms with Gasteiger partial charge >= 0.3 is 0 Å². The standard InChI is InChI=1S/C9H10N4O2S/c14-7-5-16-4-6(12-7)8(15)13-9-10-2-1-3-11-9/h1-3,6H,4-5H2,(H,12,14)(H,10,11,13,15). The number of hydrogen-bond acceptors (Lipinski definition) is 5. The fraction of sp³-hybridized carbons (Fsp3) is 0.333. The minimum absolute atomic E-state index is 0.120. The third-order valence-electron chi connectivity index (χ3n) is 1.97. The summed E-state index contributed by atoms with van der Waals surface area (Å²) in [6, 6.07) is 1.16. The van der Waals surface area contributed by atoms with Gasteiger partial charge in [-0.3, -0.25) is 14.9 Å². The summed E-state index contributed by atoms with van der Waals surface area (Å²) < 4.78 is 0. The maximum absolute atomic E-state index is 11.7. The van der Waals surface area contributed by atoms with Gasteiger partial charge in [-0.05, 0) is 6.07 Å². The molecule has 0 radical (unpaired) electrons. The van der Waals surface area contributed by atoms with Crippen molar-refractivity contribution in [2.75, 3.05) is 16.8 Å². The summed E-state index contributed by atoms with van der Waals surface area (Å²) in [4.78, 5) is 30.5. The minimum atomic E-state index is -0.505. The first kappa shape index (κ1) is 10.9. The van der Waals surface area contributed by atoms with E-state index in [1.54, 1.807) is 6.07 Å². The van der Waals surface area contributed by atoms with Crippen molar-refractivity contribution in [3.8, 4) is 0 Å². The van der Waals surface area contributed by atoms with Gasteiger partial charge in [-0.25, -0.2) is 9.97 Å². The van der Waals surface area contributed by atoms with Crippen LogP contribution in [-0.2, 0) is 9.59 Å². The Morgan fingerprint density at radius 2 is 2.25 bits per heavy atom. The summed E-state index contributed by atoms with van der Waals surface area (Å²) in [5.41, 5.74) is 0. The molecule has 2 heterocycles. The zero-order valence-corrected chi connectivity index (χ0v) is 9.16. The molecule has 1 aromatic rings. The van der Waals surface area contributed by atoms with Crippen molar-refractivity contribution < 1.29 is 9.59 Å². The van der Waals surface area contributed by atoms with Crippen molar-refractivity contribution in [3.63, 3.8) is 0 Å². The second-order valence-corrected chi connectivity index (χ2v) is 4.23. The second kappa shape index (κ2) is 4.93. The molecule has 1 atom stereocenters. The maximum Gasteiger partial charge on any atom is 0.250 e. The first-order valence-corrected chi connectivity index (χ1v) is 5.86. The van der Waals surface area contributed by atoms with Crippen LogP contribution in [-0.4, -0.2) is 39.3 Å². The largest absolute Gasteiger partial charge is 0.343 e. The van der Waals surface area contributed by atoms with Crippen LogP contribution in [0.4, 0.5) is 5.95 Å². The highest BCUT2D eigenvalue weighted by molar-refractivity contribution is 8.00. The normalized spacial score (nSPS) is 20.0. The third-order valence-corrected chi connectivity index (χ3v) is 3.01. The first-order chi connectivity index (χ1) is 7.75. The Balaban J connectivity index is 1.95. The van der Waals surface area contributed by atoms with E-state index in [1.165, 1.54) is 24.2 Å². The van der Waals surface area contributed by atoms with Crippen LogP contribution in [0.2, 0.25) is 0 Å². The quantitative estimate of drug-likeness (QED) is 0.735. The number of anilines is 1. The molecule has 6 nitrogen and oxygen atoms in total. The lowest BCUT2D eigenvalue weighted by atomic mass is 10.3. The lowest BCUT2D eigenvalue weighted by Crippen LogP contribution is -2.49. The molecule has 16 heavy (non-hydrogen) atoms. The van der Waals surface area contributed by atoms with E-state index in [2.05, 4.69) is 20.6 Å². The Bertz CT molecular complexity index is 398. The Hall–Kier alpha value is -1.63. The summed E-state index contributed by atoms with van der Waals surface area (Å²) in [7, 11) is 0. The second-order valence-electron chi connectivity index (χ2n) is 3.20. The highest BCUT2D eigenvalue weighted by atomic mass is 32.2. The number of thioether (sulfide) groups is 1. The molecule has 84 valence electrons. The first-order valence-electron chi connectivity index (χ1n) is 4.71. The summed E-state index contributed by atoms with van der Waals surface area (Å²) >= 11 is 1.44. The molecule has 1 unspecified atom stereocenters. The molecule has 0 saturated carbocycles. The van der Waals surface area contributed by atoms with Crippen LogP contribution in [0, 0.1) is 0 Å². The maximum atomic E-state index is 11.7. The van der Waals surface area contributed by atoms with Crippen molar-refractivity contribution in [2.45, 2.75) is 6.04 Å². The zero-order chi connectivity index (χ0) is 11.4. The van der Waals surface area contributed by atoms with Crippen molar-refractivity contribution >= 4 is 29.5 Å². The smallest absolute Gasteiger partial charge is 0.250 e. The van der Waals surface area contributed by atoms with Crippen molar-refractivity contribution in [1.29, 1.82) is 0 Å². The fourth-order valence-electron chi connectivity index (χ4n) is 1.25. The van der Waals surface area contributed by atoms with E-state index in [0.717, 1.165) is 0 Å². The number of nitrogens with zero attached hydrogens (tertiary/aromatic N) is 2. The number of carbonyl (C=O) groups excluding carboxylic acids is 2. The molecule has 1 aliphatic heterocycles. The molecule has 0 aromatic carbocycles. The molecular weight excluding hydrogens is 228 g/mol. The molecule has 0 bridgehead atoms. The molecule has 1 aromatic heterocycles. The lowest BCUT2D eigenvalue weighted by Gasteiger charge is -2.21. The molecular formula is C9H10N4O2S. The van der Waals surface area contributed by atoms with Crippen molar-refractivity contribution in [2.24, 2.45) is 0 Å². The fourth-order valence-corrected chi connectivity index (χ4v) is 2.11. The minimum Gasteiger partial charge on any atom is -0.343 e. The van der Waals surface area contributed by atoms with Gasteiger partial charge in [0.2, 0.25) is 17.8 Å². The highest BCUT2D eigenvalue weighted by Crippen LogP contribution is 2.09. The Labute approximate surface area is 96.2 Å². The van der Waals surface area contributed by atoms with Crippen molar-refractivity contribution in [3.05, 3.63) is 18.5 Å². The number of hydrogen-bond donors (Lipinski definition) is 2. The summed E-state index contributed by atoms with van der Waals surface area (Å²) in [5.74, 6) is 0.824. The Morgan fingerprint density at radius 1 is 1.50 bits per heavy atom. The van der Waals surface area contributed by atoms with Crippen LogP contribution in [0.3, 0.4) is 0 Å². The zero-order valence-electron chi connectivity index (χ0n) is 8.34. The lowest BCUT2D eigenvalue weighted by molar-refractivity contribution is -0.124. The van der Waals surface area contributed by atoms with E-state index in [0.29, 0.717) is 11.5 Å². The third kappa shape index (κ3) is 2.69. The topological polar surface area (TPSA) is 84.0 Å². The van der Waals surface area contributed by atoms with Gasteiger partial charge in [0.05, 0.1) is 5.75 Å². The van der Waals surface area contributed by atoms with Crippen LogP contribution in [0.25, 0.3) is 0 Å². The van der Waals surface area contributed by atoms with Crippen LogP contribution < -0.4 is 10.6 Å². The number of carbonyl (C=O) groups is 2. The van der Waals surface area contributed by atoms with Gasteiger partial charge in [-0.2, -0.15) is 0 Å². The van der Waals surface area contributed by atoms with E-state index >= 15 is 0 Å². The number of nitrogens with one attached hydrogen (secondary N) is 2. The van der Waals surface area contributed by atoms with E-state index in [9.17, 15) is 9.59 Å². The van der Waals surface area contributed by atoms with Crippen molar-refractivity contribution in [1.82, 2.24) is 15.3 Å². The van der Waals surface area contributed by atoms with Gasteiger partial charge in [0.15, 0.2) is 0 Å². The predicted octanol–water partition coefficient (Wildman–Crippen LogP) is -0.353. The number of aromatic nitrogens is 2. The van der Waals surface area contributed by atoms with E-state index in [1.807, 2.05) is 0 Å². The van der Waals surface area contributed by atoms with E-state index in [-0.39, 0.29) is 17.8 Å². The van der Waals surface area contributed by atoms with Gasteiger partial charge in [-0.1, -0.05) is 0 Å². The molecule has 2 amide bonds. The number of amides is 2. The summed E-state index contributed by atoms with van der Waals surface area (Å²) in [6.07, 6.45) is 3.08. The van der Waals surface area contributed by atoms with E-state index in [4.69, 9.17) is 0 Å². The van der Waals surface area contributed by atoms with Crippen LogP contribution in [0.1, 0.15) is 0 Å². The molecule has 0 aliphatic carbocycles. The Kier molecular flexibility index (Phi) is 3.35. The van der Waals surface area contributed by atoms with Gasteiger partial charge in [0.1, 0.15) is 6.04 Å². The molecule has 2 rings (SSSR count). The van der Waals surface area contributed by atoms with Gasteiger partial charge in [0.25, 0.3) is 0 Å². The van der Waals surface area contributed by atoms with Gasteiger partial charge < -0.3 is 5.32 Å². The molecule has 0 spiro atoms. The molecule has 7 heteroatoms. The highest BCUT2D eigenvalue weighted by Gasteiger charge is 2.25. The predicted molar refractivity (Wildman–Crippen MR) is 59.9 cm³/mol. The van der Waals surface area contributed by atoms with Gasteiger partial charge in [0, 0.05) is 18.1 Å². The number of rotatable bonds is 2. The van der Waals surface area contributed by atoms with Crippen LogP contribution >= 0.6 is 11.8 Å². The average molecular weight is 238 g/mol. The molecule has 2 N–H and O–H groups in total. The molecule has 1 fully saturated rings. The Morgan fingerprint density at radius 3 is 2.94 bits per heavy atom. The van der Waals surface area contributed by atoms with Crippen LogP contribution in [0.5, 0.6) is 0 Å². The monoisotopic (exact) mass is 238 g/mol. The van der Waals surface area contributed by atoms with Gasteiger partial charge in [-0.15, -0.1) is 11.8 Å². The van der Waals surface area contributed by atoms with E-state index < -0.39 is 6.04 Å². The molecule has 1 saturated heterocycles.